The van der Waals surface area contributed by atoms with Gasteiger partial charge in [0, 0.05) is 27.5 Å². The third kappa shape index (κ3) is 2.78. The Labute approximate surface area is 270 Å². The molecular formula is C41H29N5O+2. The molecule has 1 atom stereocenters. The van der Waals surface area contributed by atoms with E-state index in [2.05, 4.69) is 161 Å². The molecule has 5 aromatic carbocycles. The number of pyridine rings is 1. The second kappa shape index (κ2) is 8.42. The van der Waals surface area contributed by atoms with Crippen LogP contribution in [0.3, 0.4) is 0 Å². The Kier molecular flexibility index (Phi) is 4.51. The van der Waals surface area contributed by atoms with E-state index >= 15 is 0 Å². The molecule has 1 spiro atoms. The van der Waals surface area contributed by atoms with E-state index in [0.29, 0.717) is 0 Å². The molecule has 0 saturated heterocycles. The summed E-state index contributed by atoms with van der Waals surface area (Å²) in [6.45, 7) is 6.64. The maximum absolute atomic E-state index is 6.82. The van der Waals surface area contributed by atoms with Crippen LogP contribution in [0.15, 0.2) is 121 Å². The van der Waals surface area contributed by atoms with Crippen LogP contribution in [-0.2, 0) is 5.66 Å². The standard InChI is InChI=1S/C41H29N5O/c1-24-19-20-28(27-12-5-4-6-13-27)25(2)36(24)39-26(3)45-32-16-11-17-33-37(32)41(46(45)42-39)38-34(47-33)22-21-30-29-14-7-8-15-31(29)44(40(30)38)35-18-9-10-23-43(35)41/h4-23H,1-3H3/q+2. The van der Waals surface area contributed by atoms with Crippen LogP contribution in [0.4, 0.5) is 0 Å². The number of aromatic nitrogens is 5. The number of fused-ring (bicyclic) bond motifs is 7. The van der Waals surface area contributed by atoms with Gasteiger partial charge >= 0.3 is 5.66 Å². The maximum Gasteiger partial charge on any atom is 0.423 e. The summed E-state index contributed by atoms with van der Waals surface area (Å²) < 4.78 is 14.0. The summed E-state index contributed by atoms with van der Waals surface area (Å²) in [5, 5.41) is 8.12. The van der Waals surface area contributed by atoms with Crippen molar-refractivity contribution in [2.45, 2.75) is 26.4 Å². The molecule has 3 aromatic heterocycles. The molecule has 0 aliphatic carbocycles. The van der Waals surface area contributed by atoms with Gasteiger partial charge in [-0.2, -0.15) is 9.13 Å². The highest BCUT2D eigenvalue weighted by Crippen LogP contribution is 2.55. The molecular weight excluding hydrogens is 578 g/mol. The lowest BCUT2D eigenvalue weighted by atomic mass is 9.84. The molecule has 3 aliphatic heterocycles. The van der Waals surface area contributed by atoms with Gasteiger partial charge in [0.1, 0.15) is 28.4 Å². The van der Waals surface area contributed by atoms with E-state index in [1.165, 1.54) is 44.1 Å². The van der Waals surface area contributed by atoms with Crippen LogP contribution >= 0.6 is 0 Å². The van der Waals surface area contributed by atoms with Gasteiger partial charge in [-0.25, -0.2) is 0 Å². The number of ether oxygens (including phenoxy) is 1. The fourth-order valence-electron chi connectivity index (χ4n) is 8.83. The second-order valence-corrected chi connectivity index (χ2v) is 13.0. The van der Waals surface area contributed by atoms with Crippen LogP contribution in [0.5, 0.6) is 11.5 Å². The van der Waals surface area contributed by atoms with Crippen LogP contribution in [0.2, 0.25) is 0 Å². The molecule has 0 saturated carbocycles. The summed E-state index contributed by atoms with van der Waals surface area (Å²) in [6, 6.07) is 41.1. The lowest BCUT2D eigenvalue weighted by Crippen LogP contribution is -2.77. The van der Waals surface area contributed by atoms with E-state index in [9.17, 15) is 0 Å². The Morgan fingerprint density at radius 3 is 2.40 bits per heavy atom. The maximum atomic E-state index is 6.82. The van der Waals surface area contributed by atoms with Crippen molar-refractivity contribution in [2.75, 3.05) is 0 Å². The van der Waals surface area contributed by atoms with E-state index in [0.717, 1.165) is 51.0 Å². The number of nitrogens with zero attached hydrogens (tertiary/aromatic N) is 5. The zero-order chi connectivity index (χ0) is 31.2. The summed E-state index contributed by atoms with van der Waals surface area (Å²) in [5.74, 6) is 2.81. The van der Waals surface area contributed by atoms with E-state index < -0.39 is 5.66 Å². The van der Waals surface area contributed by atoms with Gasteiger partial charge in [0.05, 0.1) is 11.0 Å². The highest BCUT2D eigenvalue weighted by atomic mass is 16.5. The van der Waals surface area contributed by atoms with Crippen molar-refractivity contribution < 1.29 is 14.1 Å². The molecule has 0 amide bonds. The normalized spacial score (nSPS) is 16.2. The van der Waals surface area contributed by atoms with Crippen molar-refractivity contribution in [3.63, 3.8) is 0 Å². The molecule has 47 heavy (non-hydrogen) atoms. The summed E-state index contributed by atoms with van der Waals surface area (Å²) in [5.41, 5.74) is 13.0. The molecule has 0 N–H and O–H groups in total. The van der Waals surface area contributed by atoms with E-state index in [-0.39, 0.29) is 0 Å². The molecule has 3 aliphatic rings. The second-order valence-electron chi connectivity index (χ2n) is 13.0. The molecule has 11 rings (SSSR count). The number of para-hydroxylation sites is 1. The van der Waals surface area contributed by atoms with E-state index in [1.807, 2.05) is 0 Å². The van der Waals surface area contributed by atoms with Gasteiger partial charge in [-0.05, 0) is 85.5 Å². The number of rotatable bonds is 2. The monoisotopic (exact) mass is 607 g/mol. The van der Waals surface area contributed by atoms with Gasteiger partial charge in [-0.3, -0.25) is 0 Å². The van der Waals surface area contributed by atoms with E-state index in [1.54, 1.807) is 0 Å². The van der Waals surface area contributed by atoms with Gasteiger partial charge in [-0.15, -0.1) is 0 Å². The highest BCUT2D eigenvalue weighted by molar-refractivity contribution is 6.11. The smallest absolute Gasteiger partial charge is 0.423 e. The quantitative estimate of drug-likeness (QED) is 0.188. The predicted molar refractivity (Wildman–Crippen MR) is 181 cm³/mol. The summed E-state index contributed by atoms with van der Waals surface area (Å²) in [6.07, 6.45) is 2.21. The Morgan fingerprint density at radius 2 is 1.51 bits per heavy atom. The van der Waals surface area contributed by atoms with Crippen molar-refractivity contribution in [1.29, 1.82) is 0 Å². The average molecular weight is 608 g/mol. The molecule has 6 heterocycles. The minimum Gasteiger partial charge on any atom is -0.456 e. The predicted octanol–water partition coefficient (Wildman–Crippen LogP) is 7.83. The summed E-state index contributed by atoms with van der Waals surface area (Å²) in [4.78, 5) is 2.24. The van der Waals surface area contributed by atoms with Gasteiger partial charge in [-0.1, -0.05) is 71.4 Å². The fourth-order valence-corrected chi connectivity index (χ4v) is 8.83. The number of hydrogen-bond acceptors (Lipinski definition) is 2. The molecule has 0 radical (unpaired) electrons. The van der Waals surface area contributed by atoms with Crippen LogP contribution in [0, 0.1) is 20.8 Å². The molecule has 0 fully saturated rings. The molecule has 8 aromatic rings. The number of hydrogen-bond donors (Lipinski definition) is 0. The van der Waals surface area contributed by atoms with Gasteiger partial charge in [0.25, 0.3) is 5.82 Å². The fraction of sp³-hybridized carbons (Fsp3) is 0.0976. The first-order valence-electron chi connectivity index (χ1n) is 16.2. The Bertz CT molecular complexity index is 2700. The van der Waals surface area contributed by atoms with Gasteiger partial charge in [0.2, 0.25) is 0 Å². The van der Waals surface area contributed by atoms with Crippen molar-refractivity contribution in [3.8, 4) is 45.4 Å². The Morgan fingerprint density at radius 1 is 0.702 bits per heavy atom. The van der Waals surface area contributed by atoms with Crippen LogP contribution in [0.25, 0.3) is 55.7 Å². The van der Waals surface area contributed by atoms with Crippen molar-refractivity contribution >= 4 is 21.8 Å². The largest absolute Gasteiger partial charge is 0.456 e. The zero-order valence-corrected chi connectivity index (χ0v) is 26.2. The van der Waals surface area contributed by atoms with Crippen molar-refractivity contribution in [2.24, 2.45) is 0 Å². The summed E-state index contributed by atoms with van der Waals surface area (Å²) in [7, 11) is 0. The van der Waals surface area contributed by atoms with Crippen molar-refractivity contribution in [1.82, 2.24) is 14.3 Å². The first-order valence-corrected chi connectivity index (χ1v) is 16.2. The van der Waals surface area contributed by atoms with Crippen LogP contribution in [-0.4, -0.2) is 14.3 Å². The van der Waals surface area contributed by atoms with Crippen molar-refractivity contribution in [3.05, 3.63) is 149 Å². The SMILES string of the molecule is Cc1ccc(-c2ccccc2)c(C)c1-c1n[n+]2n(c1C)-c1cccc3c1C21c2c(ccc4c5ccccc5n(c24)-c2cccc[n+]21)O3. The Balaban J connectivity index is 1.31. The first kappa shape index (κ1) is 25.2. The minimum atomic E-state index is -0.804. The third-order valence-corrected chi connectivity index (χ3v) is 10.7. The van der Waals surface area contributed by atoms with Gasteiger partial charge in [0.15, 0.2) is 22.3 Å². The molecule has 0 bridgehead atoms. The average Bonchev–Trinajstić information content (AvgIpc) is 3.72. The highest BCUT2D eigenvalue weighted by Gasteiger charge is 2.70. The molecule has 6 nitrogen and oxygen atoms in total. The topological polar surface area (TPSA) is 39.7 Å². The van der Waals surface area contributed by atoms with E-state index in [4.69, 9.17) is 9.84 Å². The first-order chi connectivity index (χ1) is 23.1. The minimum absolute atomic E-state index is 0.804. The molecule has 1 unspecified atom stereocenters. The lowest BCUT2D eigenvalue weighted by Gasteiger charge is -2.31. The number of aryl methyl sites for hydroxylation is 1. The number of benzene rings is 5. The third-order valence-electron chi connectivity index (χ3n) is 10.7. The molecule has 6 heteroatoms. The Hall–Kier alpha value is -6.01. The lowest BCUT2D eigenvalue weighted by molar-refractivity contribution is -1.02. The van der Waals surface area contributed by atoms with Gasteiger partial charge < -0.3 is 4.74 Å². The van der Waals surface area contributed by atoms with Crippen LogP contribution < -0.4 is 14.1 Å². The molecule has 222 valence electrons. The summed E-state index contributed by atoms with van der Waals surface area (Å²) >= 11 is 0. The van der Waals surface area contributed by atoms with Crippen LogP contribution in [0.1, 0.15) is 27.9 Å². The zero-order valence-electron chi connectivity index (χ0n) is 26.2.